The topological polar surface area (TPSA) is 0 Å². The van der Waals surface area contributed by atoms with Gasteiger partial charge >= 0.3 is 6.18 Å². The molecule has 0 radical (unpaired) electrons. The van der Waals surface area contributed by atoms with Crippen molar-refractivity contribution in [1.29, 1.82) is 0 Å². The molecule has 2 aliphatic rings. The van der Waals surface area contributed by atoms with Crippen molar-refractivity contribution in [2.24, 2.45) is 17.8 Å². The summed E-state index contributed by atoms with van der Waals surface area (Å²) in [5.41, 5.74) is 0.470. The van der Waals surface area contributed by atoms with Gasteiger partial charge in [-0.15, -0.1) is 0 Å². The van der Waals surface area contributed by atoms with Crippen molar-refractivity contribution in [3.05, 3.63) is 35.4 Å². The first-order chi connectivity index (χ1) is 9.28. The maximum atomic E-state index is 12.6. The molecule has 1 aromatic rings. The van der Waals surface area contributed by atoms with E-state index in [0.29, 0.717) is 5.92 Å². The van der Waals surface area contributed by atoms with Gasteiger partial charge in [-0.1, -0.05) is 32.4 Å². The van der Waals surface area contributed by atoms with Crippen LogP contribution >= 0.6 is 0 Å². The molecule has 0 saturated heterocycles. The SMILES string of the molecule is CC(C)(c1ccc(C(F)(F)F)cc1)C1CC2CCC1C2. The summed E-state index contributed by atoms with van der Waals surface area (Å²) in [4.78, 5) is 0. The van der Waals surface area contributed by atoms with Crippen LogP contribution in [0, 0.1) is 17.8 Å². The van der Waals surface area contributed by atoms with Gasteiger partial charge in [0.05, 0.1) is 5.56 Å². The molecule has 3 heteroatoms. The number of benzene rings is 1. The van der Waals surface area contributed by atoms with E-state index in [0.717, 1.165) is 17.4 Å². The molecule has 3 rings (SSSR count). The predicted molar refractivity (Wildman–Crippen MR) is 73.4 cm³/mol. The first-order valence-corrected chi connectivity index (χ1v) is 7.46. The zero-order valence-corrected chi connectivity index (χ0v) is 12.0. The Bertz CT molecular complexity index is 484. The highest BCUT2D eigenvalue weighted by Crippen LogP contribution is 2.55. The third-order valence-corrected chi connectivity index (χ3v) is 5.62. The van der Waals surface area contributed by atoms with Gasteiger partial charge in [-0.05, 0) is 60.1 Å². The van der Waals surface area contributed by atoms with Crippen molar-refractivity contribution in [3.8, 4) is 0 Å². The largest absolute Gasteiger partial charge is 0.416 e. The number of hydrogen-bond acceptors (Lipinski definition) is 0. The highest BCUT2D eigenvalue weighted by Gasteiger charge is 2.47. The van der Waals surface area contributed by atoms with Crippen LogP contribution in [0.15, 0.2) is 24.3 Å². The van der Waals surface area contributed by atoms with Gasteiger partial charge in [0.25, 0.3) is 0 Å². The molecule has 0 aliphatic heterocycles. The summed E-state index contributed by atoms with van der Waals surface area (Å²) in [7, 11) is 0. The van der Waals surface area contributed by atoms with Gasteiger partial charge in [0.15, 0.2) is 0 Å². The maximum Gasteiger partial charge on any atom is 0.416 e. The summed E-state index contributed by atoms with van der Waals surface area (Å²) in [6, 6.07) is 5.80. The molecule has 0 nitrogen and oxygen atoms in total. The van der Waals surface area contributed by atoms with E-state index in [-0.39, 0.29) is 5.41 Å². The molecule has 0 amide bonds. The normalized spacial score (nSPS) is 29.9. The molecule has 3 atom stereocenters. The van der Waals surface area contributed by atoms with Crippen molar-refractivity contribution in [1.82, 2.24) is 0 Å². The molecule has 110 valence electrons. The van der Waals surface area contributed by atoms with Crippen LogP contribution in [0.1, 0.15) is 50.7 Å². The van der Waals surface area contributed by atoms with Crippen molar-refractivity contribution >= 4 is 0 Å². The van der Waals surface area contributed by atoms with E-state index in [1.807, 2.05) is 0 Å². The van der Waals surface area contributed by atoms with Crippen LogP contribution < -0.4 is 0 Å². The first kappa shape index (κ1) is 14.0. The number of hydrogen-bond donors (Lipinski definition) is 0. The molecule has 2 saturated carbocycles. The Hall–Kier alpha value is -0.990. The quantitative estimate of drug-likeness (QED) is 0.679. The van der Waals surface area contributed by atoms with Gasteiger partial charge in [-0.3, -0.25) is 0 Å². The molecule has 3 unspecified atom stereocenters. The summed E-state index contributed by atoms with van der Waals surface area (Å²) in [5.74, 6) is 2.26. The van der Waals surface area contributed by atoms with Gasteiger partial charge in [-0.25, -0.2) is 0 Å². The molecule has 2 aliphatic carbocycles. The second-order valence-electron chi connectivity index (χ2n) is 7.08. The first-order valence-electron chi connectivity index (χ1n) is 7.46. The van der Waals surface area contributed by atoms with Crippen LogP contribution in [0.5, 0.6) is 0 Å². The van der Waals surface area contributed by atoms with Gasteiger partial charge in [0, 0.05) is 0 Å². The molecule has 0 aromatic heterocycles. The Kier molecular flexibility index (Phi) is 3.15. The van der Waals surface area contributed by atoms with Gasteiger partial charge in [0.1, 0.15) is 0 Å². The van der Waals surface area contributed by atoms with Crippen molar-refractivity contribution < 1.29 is 13.2 Å². The Balaban J connectivity index is 1.84. The second-order valence-corrected chi connectivity index (χ2v) is 7.08. The molecular weight excluding hydrogens is 261 g/mol. The fraction of sp³-hybridized carbons (Fsp3) is 0.647. The Morgan fingerprint density at radius 2 is 1.50 bits per heavy atom. The molecule has 0 heterocycles. The minimum atomic E-state index is -4.24. The van der Waals surface area contributed by atoms with E-state index in [1.165, 1.54) is 37.8 Å². The van der Waals surface area contributed by atoms with Crippen LogP contribution in [0.4, 0.5) is 13.2 Å². The average molecular weight is 282 g/mol. The van der Waals surface area contributed by atoms with Crippen molar-refractivity contribution in [3.63, 3.8) is 0 Å². The van der Waals surface area contributed by atoms with Crippen LogP contribution in [-0.4, -0.2) is 0 Å². The lowest BCUT2D eigenvalue weighted by Gasteiger charge is -2.38. The van der Waals surface area contributed by atoms with E-state index in [4.69, 9.17) is 0 Å². The van der Waals surface area contributed by atoms with Crippen LogP contribution in [0.25, 0.3) is 0 Å². The third kappa shape index (κ3) is 2.25. The standard InChI is InChI=1S/C17H21F3/c1-16(2,15-10-11-3-4-12(15)9-11)13-5-7-14(8-6-13)17(18,19)20/h5-8,11-12,15H,3-4,9-10H2,1-2H3. The van der Waals surface area contributed by atoms with E-state index < -0.39 is 11.7 Å². The van der Waals surface area contributed by atoms with E-state index in [1.54, 1.807) is 12.1 Å². The van der Waals surface area contributed by atoms with Crippen molar-refractivity contribution in [2.75, 3.05) is 0 Å². The fourth-order valence-corrected chi connectivity index (χ4v) is 4.43. The van der Waals surface area contributed by atoms with Gasteiger partial charge in [0.2, 0.25) is 0 Å². The van der Waals surface area contributed by atoms with Gasteiger partial charge in [-0.2, -0.15) is 13.2 Å². The highest BCUT2D eigenvalue weighted by molar-refractivity contribution is 5.31. The number of alkyl halides is 3. The fourth-order valence-electron chi connectivity index (χ4n) is 4.43. The van der Waals surface area contributed by atoms with Crippen LogP contribution in [0.2, 0.25) is 0 Å². The average Bonchev–Trinajstić information content (AvgIpc) is 3.00. The lowest BCUT2D eigenvalue weighted by Crippen LogP contribution is -2.32. The smallest absolute Gasteiger partial charge is 0.166 e. The summed E-state index contributed by atoms with van der Waals surface area (Å²) in [6.07, 6.45) is 0.992. The number of halogens is 3. The monoisotopic (exact) mass is 282 g/mol. The zero-order chi connectivity index (χ0) is 14.5. The van der Waals surface area contributed by atoms with E-state index >= 15 is 0 Å². The zero-order valence-electron chi connectivity index (χ0n) is 12.0. The molecule has 0 N–H and O–H groups in total. The van der Waals surface area contributed by atoms with Crippen molar-refractivity contribution in [2.45, 2.75) is 51.1 Å². The van der Waals surface area contributed by atoms with Gasteiger partial charge < -0.3 is 0 Å². The minimum absolute atomic E-state index is 0.0238. The minimum Gasteiger partial charge on any atom is -0.166 e. The maximum absolute atomic E-state index is 12.6. The van der Waals surface area contributed by atoms with E-state index in [9.17, 15) is 13.2 Å². The lowest BCUT2D eigenvalue weighted by molar-refractivity contribution is -0.137. The summed E-state index contributed by atoms with van der Waals surface area (Å²) < 4.78 is 37.9. The summed E-state index contributed by atoms with van der Waals surface area (Å²) in [5, 5.41) is 0. The summed E-state index contributed by atoms with van der Waals surface area (Å²) in [6.45, 7) is 4.39. The predicted octanol–water partition coefficient (Wildman–Crippen LogP) is 5.42. The van der Waals surface area contributed by atoms with Crippen LogP contribution in [0.3, 0.4) is 0 Å². The Labute approximate surface area is 118 Å². The second kappa shape index (κ2) is 4.51. The van der Waals surface area contributed by atoms with E-state index in [2.05, 4.69) is 13.8 Å². The highest BCUT2D eigenvalue weighted by atomic mass is 19.4. The number of rotatable bonds is 2. The molecule has 2 bridgehead atoms. The molecule has 1 aromatic carbocycles. The lowest BCUT2D eigenvalue weighted by atomic mass is 9.67. The molecule has 20 heavy (non-hydrogen) atoms. The molecule has 2 fully saturated rings. The Morgan fingerprint density at radius 3 is 1.95 bits per heavy atom. The number of fused-ring (bicyclic) bond motifs is 2. The Morgan fingerprint density at radius 1 is 0.900 bits per heavy atom. The van der Waals surface area contributed by atoms with Crippen LogP contribution in [-0.2, 0) is 11.6 Å². The molecule has 0 spiro atoms. The summed E-state index contributed by atoms with van der Waals surface area (Å²) >= 11 is 0. The molecular formula is C17H21F3. The third-order valence-electron chi connectivity index (χ3n) is 5.62.